The van der Waals surface area contributed by atoms with Gasteiger partial charge in [0.1, 0.15) is 12.4 Å². The molecule has 3 rings (SSSR count). The topological polar surface area (TPSA) is 108 Å². The van der Waals surface area contributed by atoms with Gasteiger partial charge in [0.05, 0.1) is 18.2 Å². The first-order chi connectivity index (χ1) is 14.0. The molecule has 0 spiro atoms. The fourth-order valence-corrected chi connectivity index (χ4v) is 3.34. The number of carbonyl (C=O) groups excluding carboxylic acids is 2. The molecule has 7 nitrogen and oxygen atoms in total. The average Bonchev–Trinajstić information content (AvgIpc) is 2.74. The molecule has 1 aliphatic heterocycles. The number of ether oxygens (including phenoxy) is 1. The van der Waals surface area contributed by atoms with Crippen molar-refractivity contribution in [2.45, 2.75) is 25.5 Å². The lowest BCUT2D eigenvalue weighted by molar-refractivity contribution is -0.119. The Bertz CT molecular complexity index is 897. The summed E-state index contributed by atoms with van der Waals surface area (Å²) >= 11 is 0. The zero-order chi connectivity index (χ0) is 20.6. The first-order valence-electron chi connectivity index (χ1n) is 9.57. The van der Waals surface area contributed by atoms with Crippen molar-refractivity contribution in [3.8, 4) is 11.8 Å². The van der Waals surface area contributed by atoms with E-state index in [2.05, 4.69) is 11.4 Å². The molecule has 1 fully saturated rings. The largest absolute Gasteiger partial charge is 0.489 e. The monoisotopic (exact) mass is 392 g/mol. The van der Waals surface area contributed by atoms with E-state index in [4.69, 9.17) is 15.7 Å². The van der Waals surface area contributed by atoms with Gasteiger partial charge in [0, 0.05) is 30.3 Å². The highest BCUT2D eigenvalue weighted by atomic mass is 16.5. The molecule has 0 unspecified atom stereocenters. The highest BCUT2D eigenvalue weighted by Crippen LogP contribution is 2.17. The summed E-state index contributed by atoms with van der Waals surface area (Å²) in [7, 11) is 0. The van der Waals surface area contributed by atoms with E-state index in [-0.39, 0.29) is 24.4 Å². The molecule has 3 N–H and O–H groups in total. The second-order valence-electron chi connectivity index (χ2n) is 7.07. The normalized spacial score (nSPS) is 14.7. The molecule has 2 aromatic carbocycles. The van der Waals surface area contributed by atoms with E-state index < -0.39 is 0 Å². The van der Waals surface area contributed by atoms with Crippen molar-refractivity contribution in [3.63, 3.8) is 0 Å². The van der Waals surface area contributed by atoms with Crippen molar-refractivity contribution in [2.24, 2.45) is 5.73 Å². The highest BCUT2D eigenvalue weighted by Gasteiger charge is 2.21. The van der Waals surface area contributed by atoms with Gasteiger partial charge >= 0.3 is 0 Å². The van der Waals surface area contributed by atoms with Crippen molar-refractivity contribution < 1.29 is 14.3 Å². The van der Waals surface area contributed by atoms with E-state index in [9.17, 15) is 9.59 Å². The summed E-state index contributed by atoms with van der Waals surface area (Å²) in [6, 6.07) is 16.5. The third-order valence-corrected chi connectivity index (χ3v) is 4.95. The van der Waals surface area contributed by atoms with Gasteiger partial charge in [-0.25, -0.2) is 0 Å². The molecule has 1 aliphatic rings. The number of hydrogen-bond acceptors (Lipinski definition) is 5. The van der Waals surface area contributed by atoms with E-state index in [1.807, 2.05) is 23.1 Å². The fourth-order valence-electron chi connectivity index (χ4n) is 3.34. The van der Waals surface area contributed by atoms with E-state index in [1.54, 1.807) is 30.3 Å². The number of piperidine rings is 1. The molecule has 0 aliphatic carbocycles. The Balaban J connectivity index is 1.49. The van der Waals surface area contributed by atoms with Gasteiger partial charge in [-0.05, 0) is 43.2 Å². The SMILES string of the molecule is N#Cc1ccccc1COc1ccc(C(=O)NC2CCN(CC(N)=O)CC2)cc1. The molecule has 7 heteroatoms. The van der Waals surface area contributed by atoms with Crippen LogP contribution < -0.4 is 15.8 Å². The zero-order valence-electron chi connectivity index (χ0n) is 16.1. The number of rotatable bonds is 7. The third-order valence-electron chi connectivity index (χ3n) is 4.95. The van der Waals surface area contributed by atoms with Crippen LogP contribution in [-0.4, -0.2) is 42.4 Å². The lowest BCUT2D eigenvalue weighted by Gasteiger charge is -2.31. The van der Waals surface area contributed by atoms with Crippen LogP contribution in [0.25, 0.3) is 0 Å². The van der Waals surface area contributed by atoms with Crippen molar-refractivity contribution in [2.75, 3.05) is 19.6 Å². The second kappa shape index (κ2) is 9.71. The summed E-state index contributed by atoms with van der Waals surface area (Å²) in [6.07, 6.45) is 1.58. The maximum Gasteiger partial charge on any atom is 0.251 e. The summed E-state index contributed by atoms with van der Waals surface area (Å²) in [6.45, 7) is 2.04. The smallest absolute Gasteiger partial charge is 0.251 e. The number of amides is 2. The summed E-state index contributed by atoms with van der Waals surface area (Å²) in [5.74, 6) is 0.180. The fraction of sp³-hybridized carbons (Fsp3) is 0.318. The molecule has 0 saturated carbocycles. The molecule has 0 bridgehead atoms. The van der Waals surface area contributed by atoms with Gasteiger partial charge < -0.3 is 15.8 Å². The quantitative estimate of drug-likeness (QED) is 0.747. The summed E-state index contributed by atoms with van der Waals surface area (Å²) in [5, 5.41) is 12.2. The van der Waals surface area contributed by atoms with E-state index in [1.165, 1.54) is 0 Å². The summed E-state index contributed by atoms with van der Waals surface area (Å²) in [4.78, 5) is 25.5. The van der Waals surface area contributed by atoms with Crippen LogP contribution in [-0.2, 0) is 11.4 Å². The van der Waals surface area contributed by atoms with Crippen LogP contribution in [0.2, 0.25) is 0 Å². The van der Waals surface area contributed by atoms with Crippen LogP contribution in [0.4, 0.5) is 0 Å². The van der Waals surface area contributed by atoms with Gasteiger partial charge in [-0.1, -0.05) is 18.2 Å². The molecular formula is C22H24N4O3. The summed E-state index contributed by atoms with van der Waals surface area (Å²) < 4.78 is 5.74. The molecule has 0 atom stereocenters. The zero-order valence-corrected chi connectivity index (χ0v) is 16.1. The van der Waals surface area contributed by atoms with Gasteiger partial charge in [0.25, 0.3) is 5.91 Å². The van der Waals surface area contributed by atoms with Crippen molar-refractivity contribution in [3.05, 3.63) is 65.2 Å². The van der Waals surface area contributed by atoms with Gasteiger partial charge in [-0.2, -0.15) is 5.26 Å². The number of carbonyl (C=O) groups is 2. The van der Waals surface area contributed by atoms with Gasteiger partial charge in [0.2, 0.25) is 5.91 Å². The molecule has 0 radical (unpaired) electrons. The Morgan fingerprint density at radius 1 is 1.14 bits per heavy atom. The van der Waals surface area contributed by atoms with E-state index in [0.717, 1.165) is 31.5 Å². The maximum absolute atomic E-state index is 12.5. The van der Waals surface area contributed by atoms with Crippen LogP contribution >= 0.6 is 0 Å². The van der Waals surface area contributed by atoms with Gasteiger partial charge in [-0.15, -0.1) is 0 Å². The minimum atomic E-state index is -0.328. The van der Waals surface area contributed by atoms with Crippen molar-refractivity contribution in [1.82, 2.24) is 10.2 Å². The Morgan fingerprint density at radius 3 is 2.48 bits per heavy atom. The maximum atomic E-state index is 12.5. The molecule has 1 saturated heterocycles. The molecular weight excluding hydrogens is 368 g/mol. The summed E-state index contributed by atoms with van der Waals surface area (Å²) in [5.41, 5.74) is 7.19. The molecule has 150 valence electrons. The van der Waals surface area contributed by atoms with Crippen LogP contribution in [0, 0.1) is 11.3 Å². The Kier molecular flexibility index (Phi) is 6.82. The van der Waals surface area contributed by atoms with E-state index >= 15 is 0 Å². The highest BCUT2D eigenvalue weighted by molar-refractivity contribution is 5.94. The third kappa shape index (κ3) is 5.80. The number of nitrogens with two attached hydrogens (primary N) is 1. The molecule has 2 amide bonds. The van der Waals surface area contributed by atoms with Crippen LogP contribution in [0.1, 0.15) is 34.3 Å². The predicted octanol–water partition coefficient (Wildman–Crippen LogP) is 1.82. The van der Waals surface area contributed by atoms with Crippen LogP contribution in [0.15, 0.2) is 48.5 Å². The number of benzene rings is 2. The van der Waals surface area contributed by atoms with Crippen LogP contribution in [0.3, 0.4) is 0 Å². The van der Waals surface area contributed by atoms with E-state index in [0.29, 0.717) is 23.5 Å². The van der Waals surface area contributed by atoms with Crippen LogP contribution in [0.5, 0.6) is 5.75 Å². The number of nitrogens with one attached hydrogen (secondary N) is 1. The Labute approximate surface area is 170 Å². The number of hydrogen-bond donors (Lipinski definition) is 2. The second-order valence-corrected chi connectivity index (χ2v) is 7.07. The first kappa shape index (κ1) is 20.4. The minimum Gasteiger partial charge on any atom is -0.489 e. The molecule has 29 heavy (non-hydrogen) atoms. The number of nitrogens with zero attached hydrogens (tertiary/aromatic N) is 2. The lowest BCUT2D eigenvalue weighted by Crippen LogP contribution is -2.46. The molecule has 2 aromatic rings. The first-order valence-corrected chi connectivity index (χ1v) is 9.57. The standard InChI is InChI=1S/C22H24N4O3/c23-13-17-3-1-2-4-18(17)15-29-20-7-5-16(6-8-20)22(28)25-19-9-11-26(12-10-19)14-21(24)27/h1-8,19H,9-12,14-15H2,(H2,24,27)(H,25,28). The lowest BCUT2D eigenvalue weighted by atomic mass is 10.0. The van der Waals surface area contributed by atoms with Gasteiger partial charge in [-0.3, -0.25) is 14.5 Å². The number of likely N-dealkylation sites (tertiary alicyclic amines) is 1. The molecule has 1 heterocycles. The number of primary amides is 1. The van der Waals surface area contributed by atoms with Crippen molar-refractivity contribution >= 4 is 11.8 Å². The number of nitriles is 1. The Morgan fingerprint density at radius 2 is 1.83 bits per heavy atom. The molecule has 0 aromatic heterocycles. The van der Waals surface area contributed by atoms with Gasteiger partial charge in [0.15, 0.2) is 0 Å². The Hall–Kier alpha value is -3.37. The van der Waals surface area contributed by atoms with Crippen molar-refractivity contribution in [1.29, 1.82) is 5.26 Å². The predicted molar refractivity (Wildman–Crippen MR) is 108 cm³/mol. The minimum absolute atomic E-state index is 0.0880. The average molecular weight is 392 g/mol.